The largest absolute Gasteiger partial charge is 0.325 e. The smallest absolute Gasteiger partial charge is 0.237 e. The van der Waals surface area contributed by atoms with Crippen molar-refractivity contribution in [3.8, 4) is 0 Å². The first-order valence-electron chi connectivity index (χ1n) is 6.50. The molecule has 0 bridgehead atoms. The van der Waals surface area contributed by atoms with Gasteiger partial charge in [-0.1, -0.05) is 30.8 Å². The zero-order valence-corrected chi connectivity index (χ0v) is 12.6. The molecule has 0 aliphatic rings. The molecule has 0 aliphatic heterocycles. The number of aryl methyl sites for hydroxylation is 2. The van der Waals surface area contributed by atoms with Gasteiger partial charge in [-0.25, -0.2) is 0 Å². The van der Waals surface area contributed by atoms with E-state index in [0.29, 0.717) is 0 Å². The van der Waals surface area contributed by atoms with Crippen LogP contribution in [0.25, 0.3) is 0 Å². The molecular weight excluding hydrogens is 272 g/mol. The van der Waals surface area contributed by atoms with Crippen molar-refractivity contribution < 1.29 is 4.79 Å². The average molecular weight is 290 g/mol. The number of carbonyl (C=O) groups excluding carboxylic acids is 1. The topological polar surface area (TPSA) is 59.8 Å². The Kier molecular flexibility index (Phi) is 4.79. The normalized spacial score (nSPS) is 12.2. The van der Waals surface area contributed by atoms with Crippen LogP contribution in [0.15, 0.2) is 35.7 Å². The van der Waals surface area contributed by atoms with E-state index >= 15 is 0 Å². The molecular formula is C14H18N4OS. The van der Waals surface area contributed by atoms with Gasteiger partial charge in [-0.15, -0.1) is 10.2 Å². The minimum absolute atomic E-state index is 0.0359. The van der Waals surface area contributed by atoms with Gasteiger partial charge in [-0.05, 0) is 31.0 Å². The third kappa shape index (κ3) is 3.60. The Morgan fingerprint density at radius 2 is 2.30 bits per heavy atom. The number of thioether (sulfide) groups is 1. The molecule has 106 valence electrons. The standard InChI is InChI=1S/C14H18N4OS/c1-4-11-6-5-7-12(8-11)16-13(19)10(2)20-14-17-15-9-18(14)3/h5-10H,4H2,1-3H3,(H,16,19). The van der Waals surface area contributed by atoms with E-state index in [1.54, 1.807) is 10.9 Å². The quantitative estimate of drug-likeness (QED) is 0.860. The Morgan fingerprint density at radius 1 is 1.50 bits per heavy atom. The van der Waals surface area contributed by atoms with Crippen LogP contribution in [0, 0.1) is 0 Å². The van der Waals surface area contributed by atoms with Gasteiger partial charge in [0.05, 0.1) is 5.25 Å². The molecule has 1 unspecified atom stereocenters. The van der Waals surface area contributed by atoms with E-state index in [2.05, 4.69) is 22.4 Å². The Balaban J connectivity index is 1.98. The van der Waals surface area contributed by atoms with E-state index in [-0.39, 0.29) is 11.2 Å². The minimum atomic E-state index is -0.233. The van der Waals surface area contributed by atoms with E-state index in [0.717, 1.165) is 17.3 Å². The molecule has 1 amide bonds. The zero-order chi connectivity index (χ0) is 14.5. The van der Waals surface area contributed by atoms with Crippen LogP contribution in [-0.2, 0) is 18.3 Å². The number of rotatable bonds is 5. The molecule has 0 saturated heterocycles. The molecule has 0 spiro atoms. The lowest BCUT2D eigenvalue weighted by Crippen LogP contribution is -2.22. The van der Waals surface area contributed by atoms with Crippen molar-refractivity contribution in [1.29, 1.82) is 0 Å². The summed E-state index contributed by atoms with van der Waals surface area (Å²) in [6.45, 7) is 3.95. The predicted molar refractivity (Wildman–Crippen MR) is 80.8 cm³/mol. The highest BCUT2D eigenvalue weighted by Gasteiger charge is 2.17. The highest BCUT2D eigenvalue weighted by Crippen LogP contribution is 2.21. The zero-order valence-electron chi connectivity index (χ0n) is 11.8. The molecule has 0 fully saturated rings. The van der Waals surface area contributed by atoms with E-state index in [1.165, 1.54) is 17.3 Å². The van der Waals surface area contributed by atoms with Gasteiger partial charge in [-0.3, -0.25) is 4.79 Å². The van der Waals surface area contributed by atoms with Crippen molar-refractivity contribution in [1.82, 2.24) is 14.8 Å². The second-order valence-corrected chi connectivity index (χ2v) is 5.84. The number of hydrogen-bond donors (Lipinski definition) is 1. The number of carbonyl (C=O) groups is 1. The summed E-state index contributed by atoms with van der Waals surface area (Å²) in [6.07, 6.45) is 2.57. The maximum atomic E-state index is 12.2. The van der Waals surface area contributed by atoms with Crippen LogP contribution >= 0.6 is 11.8 Å². The summed E-state index contributed by atoms with van der Waals surface area (Å²) >= 11 is 1.39. The Labute approximate surface area is 122 Å². The number of amides is 1. The SMILES string of the molecule is CCc1cccc(NC(=O)C(C)Sc2nncn2C)c1. The number of hydrogen-bond acceptors (Lipinski definition) is 4. The summed E-state index contributed by atoms with van der Waals surface area (Å²) in [5.41, 5.74) is 2.04. The molecule has 2 rings (SSSR count). The van der Waals surface area contributed by atoms with Gasteiger partial charge in [0, 0.05) is 12.7 Å². The summed E-state index contributed by atoms with van der Waals surface area (Å²) in [5, 5.41) is 11.2. The van der Waals surface area contributed by atoms with Crippen LogP contribution < -0.4 is 5.32 Å². The molecule has 0 aliphatic carbocycles. The van der Waals surface area contributed by atoms with Crippen LogP contribution in [0.2, 0.25) is 0 Å². The van der Waals surface area contributed by atoms with Crippen molar-refractivity contribution in [2.45, 2.75) is 30.7 Å². The summed E-state index contributed by atoms with van der Waals surface area (Å²) in [6, 6.07) is 7.90. The Bertz CT molecular complexity index is 596. The van der Waals surface area contributed by atoms with Crippen LogP contribution in [0.1, 0.15) is 19.4 Å². The first-order chi connectivity index (χ1) is 9.60. The fraction of sp³-hybridized carbons (Fsp3) is 0.357. The van der Waals surface area contributed by atoms with Crippen molar-refractivity contribution in [2.75, 3.05) is 5.32 Å². The maximum Gasteiger partial charge on any atom is 0.237 e. The highest BCUT2D eigenvalue weighted by molar-refractivity contribution is 8.00. The minimum Gasteiger partial charge on any atom is -0.325 e. The molecule has 2 aromatic rings. The number of nitrogens with zero attached hydrogens (tertiary/aromatic N) is 3. The van der Waals surface area contributed by atoms with E-state index in [1.807, 2.05) is 38.2 Å². The first kappa shape index (κ1) is 14.6. The molecule has 5 nitrogen and oxygen atoms in total. The van der Waals surface area contributed by atoms with Gasteiger partial charge in [0.15, 0.2) is 5.16 Å². The van der Waals surface area contributed by atoms with Gasteiger partial charge in [0.2, 0.25) is 5.91 Å². The molecule has 0 radical (unpaired) electrons. The number of aromatic nitrogens is 3. The lowest BCUT2D eigenvalue weighted by atomic mass is 10.1. The molecule has 1 aromatic heterocycles. The van der Waals surface area contributed by atoms with E-state index in [4.69, 9.17) is 0 Å². The number of anilines is 1. The lowest BCUT2D eigenvalue weighted by Gasteiger charge is -2.11. The van der Waals surface area contributed by atoms with Crippen molar-refractivity contribution in [3.05, 3.63) is 36.2 Å². The van der Waals surface area contributed by atoms with Crippen molar-refractivity contribution in [2.24, 2.45) is 7.05 Å². The Morgan fingerprint density at radius 3 is 2.95 bits per heavy atom. The average Bonchev–Trinajstić information content (AvgIpc) is 2.84. The van der Waals surface area contributed by atoms with Gasteiger partial charge < -0.3 is 9.88 Å². The van der Waals surface area contributed by atoms with Crippen LogP contribution in [0.4, 0.5) is 5.69 Å². The molecule has 1 N–H and O–H groups in total. The summed E-state index contributed by atoms with van der Waals surface area (Å²) in [4.78, 5) is 12.2. The molecule has 20 heavy (non-hydrogen) atoms. The second-order valence-electron chi connectivity index (χ2n) is 4.53. The number of benzene rings is 1. The Hall–Kier alpha value is -1.82. The number of nitrogens with one attached hydrogen (secondary N) is 1. The molecule has 0 saturated carbocycles. The van der Waals surface area contributed by atoms with E-state index < -0.39 is 0 Å². The third-order valence-electron chi connectivity index (χ3n) is 2.92. The van der Waals surface area contributed by atoms with Crippen LogP contribution in [0.5, 0.6) is 0 Å². The van der Waals surface area contributed by atoms with Crippen LogP contribution in [0.3, 0.4) is 0 Å². The fourth-order valence-electron chi connectivity index (χ4n) is 1.70. The molecule has 6 heteroatoms. The van der Waals surface area contributed by atoms with Gasteiger partial charge in [0.25, 0.3) is 0 Å². The lowest BCUT2D eigenvalue weighted by molar-refractivity contribution is -0.115. The van der Waals surface area contributed by atoms with Gasteiger partial charge in [-0.2, -0.15) is 0 Å². The summed E-state index contributed by atoms with van der Waals surface area (Å²) in [5.74, 6) is -0.0359. The summed E-state index contributed by atoms with van der Waals surface area (Å²) < 4.78 is 1.80. The van der Waals surface area contributed by atoms with E-state index in [9.17, 15) is 4.79 Å². The monoisotopic (exact) mass is 290 g/mol. The van der Waals surface area contributed by atoms with Crippen molar-refractivity contribution in [3.63, 3.8) is 0 Å². The van der Waals surface area contributed by atoms with Crippen LogP contribution in [-0.4, -0.2) is 25.9 Å². The van der Waals surface area contributed by atoms with Crippen molar-refractivity contribution >= 4 is 23.4 Å². The van der Waals surface area contributed by atoms with Gasteiger partial charge in [0.1, 0.15) is 6.33 Å². The predicted octanol–water partition coefficient (Wildman–Crippen LogP) is 2.50. The first-order valence-corrected chi connectivity index (χ1v) is 7.38. The molecule has 1 aromatic carbocycles. The molecule has 1 atom stereocenters. The fourth-order valence-corrected chi connectivity index (χ4v) is 2.49. The third-order valence-corrected chi connectivity index (χ3v) is 4.07. The highest BCUT2D eigenvalue weighted by atomic mass is 32.2. The molecule has 1 heterocycles. The summed E-state index contributed by atoms with van der Waals surface area (Å²) in [7, 11) is 1.86. The second kappa shape index (κ2) is 6.56. The van der Waals surface area contributed by atoms with Gasteiger partial charge >= 0.3 is 0 Å². The maximum absolute atomic E-state index is 12.2.